The van der Waals surface area contributed by atoms with Crippen LogP contribution in [0.1, 0.15) is 213 Å². The van der Waals surface area contributed by atoms with Gasteiger partial charge in [0.15, 0.2) is 6.10 Å². The Morgan fingerprint density at radius 2 is 0.803 bits per heavy atom. The number of esters is 3. The molecule has 0 rings (SSSR count). The van der Waals surface area contributed by atoms with Crippen LogP contribution in [0.4, 0.5) is 0 Å². The molecule has 0 aromatic heterocycles. The van der Waals surface area contributed by atoms with Gasteiger partial charge in [0.1, 0.15) is 12.7 Å². The highest BCUT2D eigenvalue weighted by Crippen LogP contribution is 2.43. The third-order valence-corrected chi connectivity index (χ3v) is 11.5. The molecule has 3 unspecified atom stereocenters. The maximum absolute atomic E-state index is 12.8. The quantitative estimate of drug-likeness (QED) is 0.0197. The highest BCUT2D eigenvalue weighted by molar-refractivity contribution is 7.47. The lowest BCUT2D eigenvalue weighted by Crippen LogP contribution is -2.30. The number of phosphoric ester groups is 1. The monoisotopic (exact) mass is 949 g/mol. The van der Waals surface area contributed by atoms with Crippen molar-refractivity contribution in [1.29, 1.82) is 0 Å². The normalized spacial score (nSPS) is 14.1. The van der Waals surface area contributed by atoms with Gasteiger partial charge in [0, 0.05) is 19.3 Å². The number of ether oxygens (including phenoxy) is 3. The van der Waals surface area contributed by atoms with E-state index in [1.807, 2.05) is 0 Å². The minimum absolute atomic E-state index is 0.111. The Balaban J connectivity index is 4.84. The van der Waals surface area contributed by atoms with Gasteiger partial charge < -0.3 is 24.2 Å². The van der Waals surface area contributed by atoms with E-state index in [0.29, 0.717) is 19.3 Å². The summed E-state index contributed by atoms with van der Waals surface area (Å²) in [5.74, 6) is -1.54. The zero-order chi connectivity index (χ0) is 48.4. The first-order chi connectivity index (χ1) is 32.2. The molecule has 3 atom stereocenters. The van der Waals surface area contributed by atoms with Crippen molar-refractivity contribution in [2.75, 3.05) is 26.4 Å². The van der Waals surface area contributed by atoms with Crippen LogP contribution < -0.4 is 0 Å². The van der Waals surface area contributed by atoms with Crippen molar-refractivity contribution in [1.82, 2.24) is 0 Å². The molecule has 0 aliphatic rings. The molecule has 0 fully saturated rings. The molecule has 0 amide bonds. The van der Waals surface area contributed by atoms with Crippen molar-refractivity contribution < 1.29 is 52.2 Å². The van der Waals surface area contributed by atoms with E-state index in [9.17, 15) is 28.9 Å². The van der Waals surface area contributed by atoms with Crippen LogP contribution >= 0.6 is 7.82 Å². The molecule has 0 aliphatic carbocycles. The average molecular weight is 949 g/mol. The Morgan fingerprint density at radius 1 is 0.439 bits per heavy atom. The zero-order valence-electron chi connectivity index (χ0n) is 41.6. The first-order valence-electron chi connectivity index (χ1n) is 25.8. The van der Waals surface area contributed by atoms with Crippen molar-refractivity contribution in [3.05, 3.63) is 72.9 Å². The molecule has 0 aromatic rings. The molecule has 0 saturated heterocycles. The molecule has 0 bridgehead atoms. The molecule has 0 spiro atoms. The van der Waals surface area contributed by atoms with Gasteiger partial charge in [-0.3, -0.25) is 23.4 Å². The summed E-state index contributed by atoms with van der Waals surface area (Å²) in [6, 6.07) is 0. The van der Waals surface area contributed by atoms with E-state index in [0.717, 1.165) is 116 Å². The van der Waals surface area contributed by atoms with Gasteiger partial charge in [0.05, 0.1) is 19.8 Å². The van der Waals surface area contributed by atoms with Crippen molar-refractivity contribution in [3.8, 4) is 0 Å². The van der Waals surface area contributed by atoms with E-state index >= 15 is 0 Å². The second-order valence-electron chi connectivity index (χ2n) is 16.9. The molecule has 0 radical (unpaired) electrons. The van der Waals surface area contributed by atoms with Crippen LogP contribution in [0, 0.1) is 0 Å². The van der Waals surface area contributed by atoms with E-state index in [4.69, 9.17) is 23.3 Å². The molecule has 380 valence electrons. The number of unbranched alkanes of at least 4 members (excludes halogenated alkanes) is 18. The SMILES string of the molecule is CC/C=C\C/C=C\C/C=C\C/C=C\CCCCC(=O)OC(COC(=O)CCCCCCC/C=C\CCCCCC)COP(=O)(O)OCC(CO)OC(=O)CCCCCCC/C=C\CCCC. The highest BCUT2D eigenvalue weighted by atomic mass is 31.2. The predicted molar refractivity (Wildman–Crippen MR) is 270 cm³/mol. The maximum Gasteiger partial charge on any atom is 0.472 e. The van der Waals surface area contributed by atoms with E-state index in [1.54, 1.807) is 0 Å². The van der Waals surface area contributed by atoms with Crippen LogP contribution in [-0.4, -0.2) is 66.5 Å². The Morgan fingerprint density at radius 3 is 1.30 bits per heavy atom. The lowest BCUT2D eigenvalue weighted by Gasteiger charge is -2.21. The number of hydrogen-bond donors (Lipinski definition) is 2. The van der Waals surface area contributed by atoms with E-state index in [-0.39, 0.29) is 25.9 Å². The Bertz CT molecular complexity index is 1390. The molecule has 0 aromatic carbocycles. The molecule has 66 heavy (non-hydrogen) atoms. The van der Waals surface area contributed by atoms with Gasteiger partial charge in [0.25, 0.3) is 0 Å². The molecule has 0 aliphatic heterocycles. The highest BCUT2D eigenvalue weighted by Gasteiger charge is 2.28. The second-order valence-corrected chi connectivity index (χ2v) is 18.4. The predicted octanol–water partition coefficient (Wildman–Crippen LogP) is 14.6. The van der Waals surface area contributed by atoms with Crippen molar-refractivity contribution in [2.24, 2.45) is 0 Å². The number of hydrogen-bond acceptors (Lipinski definition) is 10. The van der Waals surface area contributed by atoms with Crippen molar-refractivity contribution in [2.45, 2.75) is 226 Å². The third-order valence-electron chi connectivity index (χ3n) is 10.6. The molecule has 2 N–H and O–H groups in total. The molecular formula is C54H93O11P. The van der Waals surface area contributed by atoms with E-state index in [1.165, 1.54) is 38.5 Å². The maximum atomic E-state index is 12.8. The zero-order valence-corrected chi connectivity index (χ0v) is 42.5. The summed E-state index contributed by atoms with van der Waals surface area (Å²) in [5.41, 5.74) is 0. The first kappa shape index (κ1) is 62.9. The number of aliphatic hydroxyl groups is 1. The smallest absolute Gasteiger partial charge is 0.462 e. The summed E-state index contributed by atoms with van der Waals surface area (Å²) in [4.78, 5) is 48.2. The van der Waals surface area contributed by atoms with Gasteiger partial charge in [-0.05, 0) is 103 Å². The molecule has 0 saturated carbocycles. The minimum Gasteiger partial charge on any atom is -0.462 e. The second kappa shape index (κ2) is 48.4. The van der Waals surface area contributed by atoms with Gasteiger partial charge in [-0.1, -0.05) is 164 Å². The Labute approximate surface area is 401 Å². The number of phosphoric acid groups is 1. The van der Waals surface area contributed by atoms with Gasteiger partial charge in [0.2, 0.25) is 0 Å². The van der Waals surface area contributed by atoms with Crippen molar-refractivity contribution >= 4 is 25.7 Å². The van der Waals surface area contributed by atoms with Crippen LogP contribution in [0.2, 0.25) is 0 Å². The average Bonchev–Trinajstić information content (AvgIpc) is 3.30. The number of carbonyl (C=O) groups is 3. The summed E-state index contributed by atoms with van der Waals surface area (Å²) in [5, 5.41) is 9.75. The first-order valence-corrected chi connectivity index (χ1v) is 27.3. The fourth-order valence-corrected chi connectivity index (χ4v) is 7.40. The van der Waals surface area contributed by atoms with Gasteiger partial charge in [-0.15, -0.1) is 0 Å². The number of allylic oxidation sites excluding steroid dienone is 12. The third kappa shape index (κ3) is 46.0. The standard InChI is InChI=1S/C54H93O11P/c1-4-7-10-13-16-19-22-24-25-27-30-33-36-39-42-45-54(58)65-51(47-61-52(56)43-40-37-34-31-29-26-23-20-17-14-11-8-5-2)49-63-66(59,60)62-48-50(46-55)64-53(57)44-41-38-35-32-28-21-18-15-12-9-6-3/h7,10,15-16,18-20,23-25,30,33,50-51,55H,4-6,8-9,11-14,17,21-22,26-29,31-32,34-49H2,1-3H3,(H,59,60)/b10-7-,18-15-,19-16-,23-20-,25-24-,33-30-. The Kier molecular flexibility index (Phi) is 46.1. The summed E-state index contributed by atoms with van der Waals surface area (Å²) >= 11 is 0. The largest absolute Gasteiger partial charge is 0.472 e. The number of aliphatic hydroxyl groups excluding tert-OH is 1. The molecule has 11 nitrogen and oxygen atoms in total. The lowest BCUT2D eigenvalue weighted by atomic mass is 10.1. The summed E-state index contributed by atoms with van der Waals surface area (Å²) < 4.78 is 39.3. The molecular weight excluding hydrogens is 856 g/mol. The Hall–Kier alpha value is -3.08. The van der Waals surface area contributed by atoms with Crippen LogP contribution in [0.3, 0.4) is 0 Å². The lowest BCUT2D eigenvalue weighted by molar-refractivity contribution is -0.161. The van der Waals surface area contributed by atoms with Gasteiger partial charge in [-0.2, -0.15) is 0 Å². The van der Waals surface area contributed by atoms with Crippen molar-refractivity contribution in [3.63, 3.8) is 0 Å². The van der Waals surface area contributed by atoms with E-state index in [2.05, 4.69) is 93.7 Å². The number of rotatable bonds is 47. The van der Waals surface area contributed by atoms with Crippen LogP contribution in [0.25, 0.3) is 0 Å². The molecule has 0 heterocycles. The topological polar surface area (TPSA) is 155 Å². The summed E-state index contributed by atoms with van der Waals surface area (Å²) in [6.07, 6.45) is 51.6. The minimum atomic E-state index is -4.75. The van der Waals surface area contributed by atoms with Gasteiger partial charge in [-0.25, -0.2) is 4.57 Å². The number of carbonyl (C=O) groups excluding carboxylic acids is 3. The molecule has 12 heteroatoms. The van der Waals surface area contributed by atoms with E-state index < -0.39 is 57.8 Å². The van der Waals surface area contributed by atoms with Gasteiger partial charge >= 0.3 is 25.7 Å². The van der Waals surface area contributed by atoms with Crippen LogP contribution in [0.15, 0.2) is 72.9 Å². The fourth-order valence-electron chi connectivity index (χ4n) is 6.61. The summed E-state index contributed by atoms with van der Waals surface area (Å²) in [7, 11) is -4.75. The summed E-state index contributed by atoms with van der Waals surface area (Å²) in [6.45, 7) is 4.38. The van der Waals surface area contributed by atoms with Crippen LogP contribution in [0.5, 0.6) is 0 Å². The fraction of sp³-hybridized carbons (Fsp3) is 0.722. The van der Waals surface area contributed by atoms with Crippen LogP contribution in [-0.2, 0) is 42.2 Å².